The predicted octanol–water partition coefficient (Wildman–Crippen LogP) is 8.90. The van der Waals surface area contributed by atoms with Crippen molar-refractivity contribution in [3.63, 3.8) is 0 Å². The van der Waals surface area contributed by atoms with Crippen molar-refractivity contribution in [1.82, 2.24) is 59.8 Å². The topological polar surface area (TPSA) is 157 Å². The van der Waals surface area contributed by atoms with Crippen LogP contribution in [0.2, 0.25) is 0 Å². The fraction of sp³-hybridized carbons (Fsp3) is 0. The largest absolute Gasteiger partial charge is 2.00 e. The predicted molar refractivity (Wildman–Crippen MR) is 228 cm³/mol. The van der Waals surface area contributed by atoms with Crippen LogP contribution in [0.15, 0.2) is 207 Å². The Morgan fingerprint density at radius 3 is 0.661 bits per heavy atom. The van der Waals surface area contributed by atoms with Crippen LogP contribution < -0.4 is 9.97 Å². The molecule has 59 heavy (non-hydrogen) atoms. The molecule has 0 aliphatic rings. The molecular weight excluding hydrogens is 779 g/mol. The molecule has 0 fully saturated rings. The number of aromatic nitrogens is 12. The molecule has 0 aliphatic carbocycles. The minimum absolute atomic E-state index is 0. The number of benzene rings is 2. The van der Waals surface area contributed by atoms with Gasteiger partial charge in [-0.15, -0.1) is 0 Å². The summed E-state index contributed by atoms with van der Waals surface area (Å²) in [7, 11) is 0. The van der Waals surface area contributed by atoms with Gasteiger partial charge in [0.15, 0.2) is 0 Å². The van der Waals surface area contributed by atoms with Crippen LogP contribution in [0.1, 0.15) is 0 Å². The monoisotopic (exact) mass is 812 g/mol. The van der Waals surface area contributed by atoms with Gasteiger partial charge in [-0.2, -0.15) is 0 Å². The molecule has 12 nitrogen and oxygen atoms in total. The molecule has 0 aliphatic heterocycles. The third kappa shape index (κ3) is 12.1. The molecule has 0 spiro atoms. The van der Waals surface area contributed by atoms with Crippen molar-refractivity contribution >= 4 is 66.7 Å². The first kappa shape index (κ1) is 40.8. The molecule has 0 amide bonds. The van der Waals surface area contributed by atoms with Gasteiger partial charge in [0.2, 0.25) is 0 Å². The van der Waals surface area contributed by atoms with Crippen molar-refractivity contribution in [2.45, 2.75) is 0 Å². The summed E-state index contributed by atoms with van der Waals surface area (Å²) < 4.78 is 0. The smallest absolute Gasteiger partial charge is 0.357 e. The van der Waals surface area contributed by atoms with Crippen molar-refractivity contribution in [2.75, 3.05) is 0 Å². The van der Waals surface area contributed by atoms with Gasteiger partial charge in [-0.25, -0.2) is 9.97 Å². The normalized spacial score (nSPS) is 9.90. The van der Waals surface area contributed by atoms with E-state index >= 15 is 0 Å². The first-order valence-corrected chi connectivity index (χ1v) is 18.1. The third-order valence-electron chi connectivity index (χ3n) is 7.83. The standard InChI is InChI=1S/C26H14N8.4C5H5N.Ni/c1-2-8-16-15(7-1)23-29-19-11-5-13-21(27-19)31-25-17-9-3-4-10-18(17)26(34-25)32-22-14-6-12-20(28-22)30-24(16)33-23;4*1-2-4-6-5-3-1;/h1-14H;4*1-5H;/q-2;;;;;+2. The minimum atomic E-state index is 0. The van der Waals surface area contributed by atoms with Crippen LogP contribution >= 0.6 is 0 Å². The zero-order chi connectivity index (χ0) is 39.5. The summed E-state index contributed by atoms with van der Waals surface area (Å²) in [6.45, 7) is 0. The Morgan fingerprint density at radius 1 is 0.237 bits per heavy atom. The van der Waals surface area contributed by atoms with Gasteiger partial charge < -0.3 is 29.9 Å². The van der Waals surface area contributed by atoms with Gasteiger partial charge >= 0.3 is 16.5 Å². The Labute approximate surface area is 348 Å². The zero-order valence-corrected chi connectivity index (χ0v) is 32.3. The maximum atomic E-state index is 4.71. The maximum Gasteiger partial charge on any atom is 2.00 e. The number of fused-ring (bicyclic) bond motifs is 14. The third-order valence-corrected chi connectivity index (χ3v) is 7.83. The Morgan fingerprint density at radius 2 is 0.475 bits per heavy atom. The second kappa shape index (κ2) is 22.0. The van der Waals surface area contributed by atoms with E-state index in [0.29, 0.717) is 45.2 Å². The van der Waals surface area contributed by atoms with E-state index in [2.05, 4.69) is 29.9 Å². The van der Waals surface area contributed by atoms with E-state index in [1.54, 1.807) is 49.6 Å². The summed E-state index contributed by atoms with van der Waals surface area (Å²) in [6.07, 6.45) is 14.0. The summed E-state index contributed by atoms with van der Waals surface area (Å²) in [5.74, 6) is 0. The SMILES string of the molecule is [Ni+2].c1cc2nc(c1)nc1[n-]c(nc3cccc(n3)nc3[n-]c(n2)c2ccccc32)c2ccccc12.c1ccncc1.c1ccncc1.c1ccncc1.c1ccncc1. The summed E-state index contributed by atoms with van der Waals surface area (Å²) in [5, 5.41) is 3.57. The van der Waals surface area contributed by atoms with Crippen LogP contribution in [0.3, 0.4) is 0 Å². The molecule has 0 atom stereocenters. The van der Waals surface area contributed by atoms with Gasteiger partial charge in [0.05, 0.1) is 22.6 Å². The number of pyridine rings is 6. The molecule has 0 saturated carbocycles. The second-order valence-electron chi connectivity index (χ2n) is 11.9. The maximum absolute atomic E-state index is 4.71. The molecule has 9 aromatic heterocycles. The van der Waals surface area contributed by atoms with Crippen LogP contribution in [0.5, 0.6) is 0 Å². The van der Waals surface area contributed by atoms with E-state index in [1.165, 1.54) is 0 Å². The van der Waals surface area contributed by atoms with Crippen LogP contribution in [-0.2, 0) is 16.5 Å². The molecular formula is C46H34N12Ni. The quantitative estimate of drug-likeness (QED) is 0.134. The van der Waals surface area contributed by atoms with Gasteiger partial charge in [0, 0.05) is 72.2 Å². The van der Waals surface area contributed by atoms with Crippen molar-refractivity contribution in [1.29, 1.82) is 0 Å². The molecule has 11 aromatic rings. The average molecular weight is 814 g/mol. The van der Waals surface area contributed by atoms with E-state index in [1.807, 2.05) is 158 Å². The van der Waals surface area contributed by atoms with Gasteiger partial charge in [0.1, 0.15) is 0 Å². The number of rotatable bonds is 0. The van der Waals surface area contributed by atoms with Crippen molar-refractivity contribution in [3.05, 3.63) is 207 Å². The molecule has 11 rings (SSSR count). The Balaban J connectivity index is 0.000000188. The fourth-order valence-electron chi connectivity index (χ4n) is 5.29. The zero-order valence-electron chi connectivity index (χ0n) is 31.3. The molecule has 0 N–H and O–H groups in total. The Kier molecular flexibility index (Phi) is 15.2. The summed E-state index contributed by atoms with van der Waals surface area (Å²) in [5.41, 5.74) is 4.20. The van der Waals surface area contributed by atoms with Gasteiger partial charge in [0.25, 0.3) is 0 Å². The van der Waals surface area contributed by atoms with Crippen LogP contribution in [0.25, 0.3) is 66.7 Å². The number of hydrogen-bond acceptors (Lipinski definition) is 10. The summed E-state index contributed by atoms with van der Waals surface area (Å²) >= 11 is 0. The molecule has 0 saturated heterocycles. The second-order valence-corrected chi connectivity index (χ2v) is 11.9. The summed E-state index contributed by atoms with van der Waals surface area (Å²) in [6, 6.07) is 49.6. The molecule has 0 radical (unpaired) electrons. The molecule has 0 unspecified atom stereocenters. The fourth-order valence-corrected chi connectivity index (χ4v) is 5.29. The number of hydrogen-bond donors (Lipinski definition) is 0. The van der Waals surface area contributed by atoms with Gasteiger partial charge in [-0.05, 0) is 94.3 Å². The van der Waals surface area contributed by atoms with Crippen LogP contribution in [0.4, 0.5) is 0 Å². The molecule has 9 heterocycles. The number of nitrogens with zero attached hydrogens (tertiary/aromatic N) is 12. The van der Waals surface area contributed by atoms with E-state index in [9.17, 15) is 0 Å². The van der Waals surface area contributed by atoms with Gasteiger partial charge in [-0.3, -0.25) is 19.9 Å². The van der Waals surface area contributed by atoms with E-state index in [4.69, 9.17) is 29.9 Å². The molecule has 8 bridgehead atoms. The van der Waals surface area contributed by atoms with E-state index in [-0.39, 0.29) is 16.5 Å². The Bertz CT molecular complexity index is 2520. The van der Waals surface area contributed by atoms with Gasteiger partial charge in [-0.1, -0.05) is 84.9 Å². The minimum Gasteiger partial charge on any atom is -0.357 e. The molecule has 288 valence electrons. The average Bonchev–Trinajstić information content (AvgIpc) is 3.83. The molecule has 13 heteroatoms. The first-order valence-electron chi connectivity index (χ1n) is 18.1. The van der Waals surface area contributed by atoms with Crippen molar-refractivity contribution in [3.8, 4) is 0 Å². The van der Waals surface area contributed by atoms with Crippen molar-refractivity contribution < 1.29 is 16.5 Å². The Hall–Kier alpha value is -7.89. The first-order chi connectivity index (χ1) is 28.8. The van der Waals surface area contributed by atoms with E-state index in [0.717, 1.165) is 21.5 Å². The summed E-state index contributed by atoms with van der Waals surface area (Å²) in [4.78, 5) is 52.6. The van der Waals surface area contributed by atoms with Crippen molar-refractivity contribution in [2.24, 2.45) is 0 Å². The van der Waals surface area contributed by atoms with Crippen LogP contribution in [-0.4, -0.2) is 49.8 Å². The van der Waals surface area contributed by atoms with E-state index < -0.39 is 0 Å². The van der Waals surface area contributed by atoms with Crippen LogP contribution in [0, 0.1) is 0 Å². The molecule has 2 aromatic carbocycles.